The van der Waals surface area contributed by atoms with Gasteiger partial charge in [0.2, 0.25) is 0 Å². The minimum Gasteiger partial charge on any atom is -0.451 e. The average molecular weight is 313 g/mol. The van der Waals surface area contributed by atoms with Crippen LogP contribution in [0.3, 0.4) is 0 Å². The topological polar surface area (TPSA) is 60.1 Å². The van der Waals surface area contributed by atoms with Crippen LogP contribution in [0.1, 0.15) is 30.4 Å². The first-order chi connectivity index (χ1) is 11.0. The van der Waals surface area contributed by atoms with Crippen LogP contribution >= 0.6 is 0 Å². The Morgan fingerprint density at radius 2 is 1.91 bits per heavy atom. The number of hydrogen-bond acceptors (Lipinski definition) is 3. The van der Waals surface area contributed by atoms with Gasteiger partial charge in [-0.25, -0.2) is 9.07 Å². The van der Waals surface area contributed by atoms with Gasteiger partial charge in [-0.2, -0.15) is 5.10 Å². The molecule has 0 fully saturated rings. The van der Waals surface area contributed by atoms with Crippen LogP contribution < -0.4 is 5.32 Å². The SMILES string of the molecule is CC(C)n1nccc1NC(=O)c1ccc(-c2ccc(F)cc2)o1. The van der Waals surface area contributed by atoms with Crippen LogP contribution in [0.5, 0.6) is 0 Å². The largest absolute Gasteiger partial charge is 0.451 e. The molecule has 23 heavy (non-hydrogen) atoms. The van der Waals surface area contributed by atoms with Crippen LogP contribution in [0, 0.1) is 5.82 Å². The summed E-state index contributed by atoms with van der Waals surface area (Å²) in [4.78, 5) is 12.3. The number of anilines is 1. The van der Waals surface area contributed by atoms with Gasteiger partial charge >= 0.3 is 0 Å². The summed E-state index contributed by atoms with van der Waals surface area (Å²) in [5.41, 5.74) is 0.706. The Morgan fingerprint density at radius 3 is 2.61 bits per heavy atom. The third kappa shape index (κ3) is 3.15. The highest BCUT2D eigenvalue weighted by Crippen LogP contribution is 2.23. The number of halogens is 1. The van der Waals surface area contributed by atoms with Crippen molar-refractivity contribution in [2.24, 2.45) is 0 Å². The Morgan fingerprint density at radius 1 is 1.17 bits per heavy atom. The van der Waals surface area contributed by atoms with Crippen molar-refractivity contribution in [2.75, 3.05) is 5.32 Å². The van der Waals surface area contributed by atoms with E-state index in [1.54, 1.807) is 41.2 Å². The van der Waals surface area contributed by atoms with Gasteiger partial charge in [0.25, 0.3) is 5.91 Å². The molecule has 3 aromatic rings. The van der Waals surface area contributed by atoms with Gasteiger partial charge in [0.05, 0.1) is 6.20 Å². The molecule has 3 rings (SSSR count). The lowest BCUT2D eigenvalue weighted by atomic mass is 10.2. The van der Waals surface area contributed by atoms with E-state index in [1.807, 2.05) is 13.8 Å². The third-order valence-corrected chi connectivity index (χ3v) is 3.36. The molecule has 1 N–H and O–H groups in total. The first-order valence-corrected chi connectivity index (χ1v) is 7.25. The number of nitrogens with one attached hydrogen (secondary N) is 1. The molecule has 0 aliphatic carbocycles. The molecule has 2 aromatic heterocycles. The zero-order chi connectivity index (χ0) is 16.4. The van der Waals surface area contributed by atoms with Gasteiger partial charge in [-0.1, -0.05) is 0 Å². The number of rotatable bonds is 4. The van der Waals surface area contributed by atoms with Gasteiger partial charge in [-0.05, 0) is 50.2 Å². The van der Waals surface area contributed by atoms with E-state index < -0.39 is 0 Å². The van der Waals surface area contributed by atoms with Crippen molar-refractivity contribution in [1.29, 1.82) is 0 Å². The monoisotopic (exact) mass is 313 g/mol. The van der Waals surface area contributed by atoms with E-state index in [0.29, 0.717) is 17.1 Å². The number of benzene rings is 1. The maximum atomic E-state index is 12.9. The number of carbonyl (C=O) groups excluding carboxylic acids is 1. The van der Waals surface area contributed by atoms with Gasteiger partial charge in [0, 0.05) is 17.7 Å². The molecule has 2 heterocycles. The fourth-order valence-corrected chi connectivity index (χ4v) is 2.23. The van der Waals surface area contributed by atoms with E-state index in [9.17, 15) is 9.18 Å². The smallest absolute Gasteiger partial charge is 0.292 e. The Balaban J connectivity index is 1.78. The third-order valence-electron chi connectivity index (χ3n) is 3.36. The van der Waals surface area contributed by atoms with E-state index >= 15 is 0 Å². The molecule has 118 valence electrons. The van der Waals surface area contributed by atoms with E-state index in [-0.39, 0.29) is 23.5 Å². The minimum absolute atomic E-state index is 0.131. The molecule has 0 radical (unpaired) electrons. The fraction of sp³-hybridized carbons (Fsp3) is 0.176. The van der Waals surface area contributed by atoms with Crippen molar-refractivity contribution in [3.63, 3.8) is 0 Å². The predicted molar refractivity (Wildman–Crippen MR) is 84.7 cm³/mol. The highest BCUT2D eigenvalue weighted by atomic mass is 19.1. The molecule has 0 bridgehead atoms. The average Bonchev–Trinajstić information content (AvgIpc) is 3.16. The normalized spacial score (nSPS) is 11.0. The maximum absolute atomic E-state index is 12.9. The summed E-state index contributed by atoms with van der Waals surface area (Å²) >= 11 is 0. The number of nitrogens with zero attached hydrogens (tertiary/aromatic N) is 2. The lowest BCUT2D eigenvalue weighted by Crippen LogP contribution is -2.16. The Hall–Kier alpha value is -2.89. The molecular weight excluding hydrogens is 297 g/mol. The van der Waals surface area contributed by atoms with Crippen molar-refractivity contribution in [3.8, 4) is 11.3 Å². The van der Waals surface area contributed by atoms with Crippen LogP contribution in [-0.4, -0.2) is 15.7 Å². The van der Waals surface area contributed by atoms with E-state index in [4.69, 9.17) is 4.42 Å². The van der Waals surface area contributed by atoms with Gasteiger partial charge < -0.3 is 9.73 Å². The molecule has 5 nitrogen and oxygen atoms in total. The predicted octanol–water partition coefficient (Wildman–Crippen LogP) is 4.12. The van der Waals surface area contributed by atoms with Crippen LogP contribution in [0.2, 0.25) is 0 Å². The van der Waals surface area contributed by atoms with Gasteiger partial charge in [-0.15, -0.1) is 0 Å². The lowest BCUT2D eigenvalue weighted by molar-refractivity contribution is 0.0996. The van der Waals surface area contributed by atoms with Crippen LogP contribution in [0.15, 0.2) is 53.1 Å². The quantitative estimate of drug-likeness (QED) is 0.788. The maximum Gasteiger partial charge on any atom is 0.292 e. The highest BCUT2D eigenvalue weighted by molar-refractivity contribution is 6.02. The molecule has 0 saturated carbocycles. The van der Waals surface area contributed by atoms with E-state index in [2.05, 4.69) is 10.4 Å². The van der Waals surface area contributed by atoms with E-state index in [1.165, 1.54) is 12.1 Å². The molecule has 0 atom stereocenters. The fourth-order valence-electron chi connectivity index (χ4n) is 2.23. The zero-order valence-corrected chi connectivity index (χ0v) is 12.8. The highest BCUT2D eigenvalue weighted by Gasteiger charge is 2.15. The standard InChI is InChI=1S/C17H16FN3O2/c1-11(2)21-16(9-10-19-21)20-17(22)15-8-7-14(23-15)12-3-5-13(18)6-4-12/h3-11H,1-2H3,(H,20,22). The summed E-state index contributed by atoms with van der Waals surface area (Å²) < 4.78 is 20.2. The molecule has 0 aliphatic heterocycles. The number of hydrogen-bond donors (Lipinski definition) is 1. The first kappa shape index (κ1) is 15.0. The Bertz CT molecular complexity index is 818. The van der Waals surface area contributed by atoms with Crippen molar-refractivity contribution in [1.82, 2.24) is 9.78 Å². The van der Waals surface area contributed by atoms with Gasteiger partial charge in [0.15, 0.2) is 5.76 Å². The van der Waals surface area contributed by atoms with Crippen molar-refractivity contribution >= 4 is 11.7 Å². The summed E-state index contributed by atoms with van der Waals surface area (Å²) in [5, 5.41) is 6.93. The van der Waals surface area contributed by atoms with Crippen molar-refractivity contribution in [3.05, 3.63) is 60.2 Å². The number of amides is 1. The molecule has 0 aliphatic rings. The number of aromatic nitrogens is 2. The van der Waals surface area contributed by atoms with Gasteiger partial charge in [-0.3, -0.25) is 4.79 Å². The van der Waals surface area contributed by atoms with Crippen LogP contribution in [0.4, 0.5) is 10.2 Å². The second-order valence-corrected chi connectivity index (χ2v) is 5.38. The number of carbonyl (C=O) groups is 1. The minimum atomic E-state index is -0.360. The lowest BCUT2D eigenvalue weighted by Gasteiger charge is -2.10. The molecule has 0 saturated heterocycles. The molecule has 1 amide bonds. The Kier molecular flexibility index (Phi) is 3.97. The second-order valence-electron chi connectivity index (χ2n) is 5.38. The number of furan rings is 1. The Labute approximate surface area is 132 Å². The molecule has 6 heteroatoms. The first-order valence-electron chi connectivity index (χ1n) is 7.25. The van der Waals surface area contributed by atoms with Gasteiger partial charge in [0.1, 0.15) is 17.4 Å². The zero-order valence-electron chi connectivity index (χ0n) is 12.8. The summed E-state index contributed by atoms with van der Waals surface area (Å²) in [6, 6.07) is 11.0. The summed E-state index contributed by atoms with van der Waals surface area (Å²) in [6.45, 7) is 3.95. The van der Waals surface area contributed by atoms with Crippen LogP contribution in [-0.2, 0) is 0 Å². The molecule has 1 aromatic carbocycles. The second kappa shape index (κ2) is 6.08. The van der Waals surface area contributed by atoms with Crippen LogP contribution in [0.25, 0.3) is 11.3 Å². The van der Waals surface area contributed by atoms with Crippen molar-refractivity contribution in [2.45, 2.75) is 19.9 Å². The molecular formula is C17H16FN3O2. The summed E-state index contributed by atoms with van der Waals surface area (Å²) in [6.07, 6.45) is 1.63. The molecule has 0 unspecified atom stereocenters. The summed E-state index contributed by atoms with van der Waals surface area (Å²) in [5.74, 6) is 0.610. The summed E-state index contributed by atoms with van der Waals surface area (Å²) in [7, 11) is 0. The molecule has 0 spiro atoms. The van der Waals surface area contributed by atoms with Crippen molar-refractivity contribution < 1.29 is 13.6 Å². The van der Waals surface area contributed by atoms with E-state index in [0.717, 1.165) is 0 Å².